The van der Waals surface area contributed by atoms with Crippen molar-refractivity contribution in [2.24, 2.45) is 17.6 Å². The van der Waals surface area contributed by atoms with Crippen molar-refractivity contribution in [2.75, 3.05) is 0 Å². The number of carboxylic acid groups (broad SMARTS) is 1. The molecule has 0 saturated heterocycles. The van der Waals surface area contributed by atoms with Crippen LogP contribution in [0.2, 0.25) is 0 Å². The van der Waals surface area contributed by atoms with Crippen molar-refractivity contribution in [1.29, 1.82) is 0 Å². The van der Waals surface area contributed by atoms with Crippen molar-refractivity contribution >= 4 is 5.97 Å². The molecule has 0 amide bonds. The lowest BCUT2D eigenvalue weighted by Crippen LogP contribution is -2.35. The van der Waals surface area contributed by atoms with Gasteiger partial charge in [0.2, 0.25) is 0 Å². The summed E-state index contributed by atoms with van der Waals surface area (Å²) < 4.78 is 0. The van der Waals surface area contributed by atoms with Crippen LogP contribution in [0, 0.1) is 11.8 Å². The first-order valence-corrected chi connectivity index (χ1v) is 4.15. The molecular weight excluding hydrogens is 142 g/mol. The van der Waals surface area contributed by atoms with Crippen LogP contribution < -0.4 is 5.73 Å². The second-order valence-corrected chi connectivity index (χ2v) is 3.27. The molecule has 0 aromatic rings. The van der Waals surface area contributed by atoms with E-state index in [2.05, 4.69) is 6.92 Å². The molecule has 0 bridgehead atoms. The van der Waals surface area contributed by atoms with Gasteiger partial charge in [-0.05, 0) is 18.8 Å². The monoisotopic (exact) mass is 157 g/mol. The molecule has 3 N–H and O–H groups in total. The number of carbonyl (C=O) groups is 1. The first kappa shape index (κ1) is 8.53. The minimum Gasteiger partial charge on any atom is -0.481 e. The van der Waals surface area contributed by atoms with E-state index in [1.54, 1.807) is 0 Å². The van der Waals surface area contributed by atoms with Crippen LogP contribution in [-0.4, -0.2) is 17.1 Å². The van der Waals surface area contributed by atoms with Gasteiger partial charge in [0, 0.05) is 6.04 Å². The highest BCUT2D eigenvalue weighted by molar-refractivity contribution is 5.71. The summed E-state index contributed by atoms with van der Waals surface area (Å²) in [6.07, 6.45) is 2.74. The minimum absolute atomic E-state index is 0.113. The topological polar surface area (TPSA) is 63.3 Å². The maximum atomic E-state index is 10.6. The van der Waals surface area contributed by atoms with E-state index in [9.17, 15) is 4.79 Å². The Bertz CT molecular complexity index is 158. The summed E-state index contributed by atoms with van der Waals surface area (Å²) in [6.45, 7) is 2.06. The first-order valence-electron chi connectivity index (χ1n) is 4.15. The lowest BCUT2D eigenvalue weighted by molar-refractivity contribution is -0.142. The van der Waals surface area contributed by atoms with Gasteiger partial charge in [-0.25, -0.2) is 0 Å². The SMILES string of the molecule is CC[C@@H]1CC[C@@H](C(=O)O)[C@H]1N. The van der Waals surface area contributed by atoms with Crippen LogP contribution in [0.25, 0.3) is 0 Å². The number of hydrogen-bond acceptors (Lipinski definition) is 2. The van der Waals surface area contributed by atoms with Gasteiger partial charge in [-0.3, -0.25) is 4.79 Å². The number of aliphatic carboxylic acids is 1. The fraction of sp³-hybridized carbons (Fsp3) is 0.875. The van der Waals surface area contributed by atoms with Crippen molar-refractivity contribution in [1.82, 2.24) is 0 Å². The molecular formula is C8H15NO2. The molecule has 1 fully saturated rings. The van der Waals surface area contributed by atoms with Gasteiger partial charge in [-0.15, -0.1) is 0 Å². The average Bonchev–Trinajstić information content (AvgIpc) is 2.30. The number of rotatable bonds is 2. The molecule has 1 aliphatic rings. The molecule has 1 rings (SSSR count). The maximum Gasteiger partial charge on any atom is 0.308 e. The van der Waals surface area contributed by atoms with Crippen LogP contribution in [0.4, 0.5) is 0 Å². The third-order valence-electron chi connectivity index (χ3n) is 2.70. The zero-order valence-electron chi connectivity index (χ0n) is 6.79. The minimum atomic E-state index is -0.728. The third-order valence-corrected chi connectivity index (χ3v) is 2.70. The molecule has 0 unspecified atom stereocenters. The number of carboxylic acids is 1. The summed E-state index contributed by atoms with van der Waals surface area (Å²) in [5, 5.41) is 8.72. The smallest absolute Gasteiger partial charge is 0.308 e. The van der Waals surface area contributed by atoms with Crippen molar-refractivity contribution in [2.45, 2.75) is 32.2 Å². The average molecular weight is 157 g/mol. The van der Waals surface area contributed by atoms with Crippen molar-refractivity contribution in [3.05, 3.63) is 0 Å². The van der Waals surface area contributed by atoms with E-state index in [4.69, 9.17) is 10.8 Å². The van der Waals surface area contributed by atoms with E-state index < -0.39 is 5.97 Å². The fourth-order valence-electron chi connectivity index (χ4n) is 1.87. The molecule has 1 aliphatic carbocycles. The molecule has 64 valence electrons. The Labute approximate surface area is 66.6 Å². The molecule has 0 aromatic carbocycles. The maximum absolute atomic E-state index is 10.6. The summed E-state index contributed by atoms with van der Waals surface area (Å²) in [4.78, 5) is 10.6. The Hall–Kier alpha value is -0.570. The van der Waals surface area contributed by atoms with E-state index in [0.29, 0.717) is 5.92 Å². The van der Waals surface area contributed by atoms with Gasteiger partial charge in [0.25, 0.3) is 0 Å². The van der Waals surface area contributed by atoms with Gasteiger partial charge in [0.05, 0.1) is 5.92 Å². The van der Waals surface area contributed by atoms with Crippen molar-refractivity contribution in [3.8, 4) is 0 Å². The predicted molar refractivity (Wildman–Crippen MR) is 42.1 cm³/mol. The Morgan fingerprint density at radius 2 is 2.27 bits per heavy atom. The number of nitrogens with two attached hydrogens (primary N) is 1. The van der Waals surface area contributed by atoms with Gasteiger partial charge in [-0.1, -0.05) is 13.3 Å². The van der Waals surface area contributed by atoms with Gasteiger partial charge in [-0.2, -0.15) is 0 Å². The standard InChI is InChI=1S/C8H15NO2/c1-2-5-3-4-6(7(5)9)8(10)11/h5-7H,2-4,9H2,1H3,(H,10,11)/t5-,6-,7+/m1/s1. The highest BCUT2D eigenvalue weighted by Gasteiger charge is 2.36. The van der Waals surface area contributed by atoms with E-state index in [-0.39, 0.29) is 12.0 Å². The normalized spacial score (nSPS) is 37.5. The molecule has 3 nitrogen and oxygen atoms in total. The molecule has 11 heavy (non-hydrogen) atoms. The Morgan fingerprint density at radius 1 is 1.64 bits per heavy atom. The van der Waals surface area contributed by atoms with E-state index in [1.165, 1.54) is 0 Å². The fourth-order valence-corrected chi connectivity index (χ4v) is 1.87. The quantitative estimate of drug-likeness (QED) is 0.624. The second-order valence-electron chi connectivity index (χ2n) is 3.27. The molecule has 0 spiro atoms. The highest BCUT2D eigenvalue weighted by atomic mass is 16.4. The van der Waals surface area contributed by atoms with Crippen LogP contribution in [0.15, 0.2) is 0 Å². The summed E-state index contributed by atoms with van der Waals surface area (Å²) in [5.74, 6) is -0.593. The lowest BCUT2D eigenvalue weighted by Gasteiger charge is -2.15. The zero-order chi connectivity index (χ0) is 8.43. The summed E-state index contributed by atoms with van der Waals surface area (Å²) in [7, 11) is 0. The van der Waals surface area contributed by atoms with Crippen LogP contribution in [0.1, 0.15) is 26.2 Å². The molecule has 0 radical (unpaired) electrons. The molecule has 0 heterocycles. The zero-order valence-corrected chi connectivity index (χ0v) is 6.79. The third kappa shape index (κ3) is 1.53. The van der Waals surface area contributed by atoms with E-state index >= 15 is 0 Å². The van der Waals surface area contributed by atoms with E-state index in [0.717, 1.165) is 19.3 Å². The molecule has 0 aromatic heterocycles. The molecule has 1 saturated carbocycles. The van der Waals surface area contributed by atoms with Gasteiger partial charge in [0.15, 0.2) is 0 Å². The van der Waals surface area contributed by atoms with Crippen molar-refractivity contribution < 1.29 is 9.90 Å². The summed E-state index contributed by atoms with van der Waals surface area (Å²) >= 11 is 0. The summed E-state index contributed by atoms with van der Waals surface area (Å²) in [5.41, 5.74) is 5.75. The van der Waals surface area contributed by atoms with Crippen LogP contribution in [0.5, 0.6) is 0 Å². The van der Waals surface area contributed by atoms with Gasteiger partial charge < -0.3 is 10.8 Å². The Balaban J connectivity index is 2.55. The largest absolute Gasteiger partial charge is 0.481 e. The Morgan fingerprint density at radius 3 is 2.55 bits per heavy atom. The molecule has 3 heteroatoms. The highest BCUT2D eigenvalue weighted by Crippen LogP contribution is 2.31. The first-order chi connectivity index (χ1) is 5.16. The second kappa shape index (κ2) is 3.22. The van der Waals surface area contributed by atoms with Gasteiger partial charge in [0.1, 0.15) is 0 Å². The summed E-state index contributed by atoms with van der Waals surface area (Å²) in [6, 6.07) is -0.113. The van der Waals surface area contributed by atoms with E-state index in [1.807, 2.05) is 0 Å². The molecule has 0 aliphatic heterocycles. The predicted octanol–water partition coefficient (Wildman–Crippen LogP) is 0.835. The van der Waals surface area contributed by atoms with Crippen LogP contribution in [0.3, 0.4) is 0 Å². The lowest BCUT2D eigenvalue weighted by atomic mass is 9.97. The van der Waals surface area contributed by atoms with Crippen LogP contribution >= 0.6 is 0 Å². The van der Waals surface area contributed by atoms with Crippen LogP contribution in [-0.2, 0) is 4.79 Å². The molecule has 3 atom stereocenters. The van der Waals surface area contributed by atoms with Gasteiger partial charge >= 0.3 is 5.97 Å². The number of hydrogen-bond donors (Lipinski definition) is 2. The van der Waals surface area contributed by atoms with Crippen molar-refractivity contribution in [3.63, 3.8) is 0 Å². The Kier molecular flexibility index (Phi) is 2.49.